The van der Waals surface area contributed by atoms with Crippen molar-refractivity contribution in [3.8, 4) is 0 Å². The molecule has 1 saturated carbocycles. The van der Waals surface area contributed by atoms with E-state index in [-0.39, 0.29) is 11.1 Å². The molecule has 1 aromatic rings. The van der Waals surface area contributed by atoms with Crippen molar-refractivity contribution in [3.63, 3.8) is 0 Å². The second-order valence-corrected chi connectivity index (χ2v) is 6.58. The standard InChI is InChI=1S/C16H23FN2O2/c1-12(2)10-16(7-3-4-8-16)11-18-15-6-5-13(19(20)21)9-14(15)17/h5-6,9,12,18H,3-4,7-8,10-11H2,1-2H3. The van der Waals surface area contributed by atoms with Crippen LogP contribution in [0.5, 0.6) is 0 Å². The van der Waals surface area contributed by atoms with Gasteiger partial charge in [-0.25, -0.2) is 4.39 Å². The maximum Gasteiger partial charge on any atom is 0.272 e. The van der Waals surface area contributed by atoms with Crippen LogP contribution in [0.15, 0.2) is 18.2 Å². The summed E-state index contributed by atoms with van der Waals surface area (Å²) in [7, 11) is 0. The van der Waals surface area contributed by atoms with Crippen LogP contribution in [-0.4, -0.2) is 11.5 Å². The van der Waals surface area contributed by atoms with Crippen LogP contribution in [-0.2, 0) is 0 Å². The highest BCUT2D eigenvalue weighted by atomic mass is 19.1. The van der Waals surface area contributed by atoms with Gasteiger partial charge in [0.2, 0.25) is 0 Å². The number of non-ortho nitro benzene ring substituents is 1. The molecule has 4 nitrogen and oxygen atoms in total. The minimum atomic E-state index is -0.579. The molecule has 5 heteroatoms. The minimum Gasteiger partial charge on any atom is -0.382 e. The number of nitrogens with one attached hydrogen (secondary N) is 1. The summed E-state index contributed by atoms with van der Waals surface area (Å²) in [5, 5.41) is 13.8. The van der Waals surface area contributed by atoms with Crippen LogP contribution in [0.3, 0.4) is 0 Å². The van der Waals surface area contributed by atoms with Crippen molar-refractivity contribution in [3.05, 3.63) is 34.1 Å². The molecule has 2 rings (SSSR count). The Labute approximate surface area is 124 Å². The van der Waals surface area contributed by atoms with Gasteiger partial charge in [-0.2, -0.15) is 0 Å². The van der Waals surface area contributed by atoms with Crippen molar-refractivity contribution in [1.29, 1.82) is 0 Å². The first kappa shape index (κ1) is 15.7. The molecule has 0 amide bonds. The molecule has 1 aliphatic carbocycles. The van der Waals surface area contributed by atoms with Gasteiger partial charge in [-0.15, -0.1) is 0 Å². The molecule has 1 fully saturated rings. The fourth-order valence-corrected chi connectivity index (χ4v) is 3.49. The van der Waals surface area contributed by atoms with E-state index in [1.165, 1.54) is 37.8 Å². The number of nitrogens with zero attached hydrogens (tertiary/aromatic N) is 1. The summed E-state index contributed by atoms with van der Waals surface area (Å²) in [6.45, 7) is 5.17. The quantitative estimate of drug-likeness (QED) is 0.608. The number of halogens is 1. The maximum atomic E-state index is 13.9. The molecule has 116 valence electrons. The Hall–Kier alpha value is -1.65. The summed E-state index contributed by atoms with van der Waals surface area (Å²) in [6, 6.07) is 3.78. The first-order valence-corrected chi connectivity index (χ1v) is 7.60. The van der Waals surface area contributed by atoms with Crippen molar-refractivity contribution in [2.24, 2.45) is 11.3 Å². The number of hydrogen-bond donors (Lipinski definition) is 1. The molecular weight excluding hydrogens is 271 g/mol. The third kappa shape index (κ3) is 3.93. The topological polar surface area (TPSA) is 55.2 Å². The van der Waals surface area contributed by atoms with Crippen molar-refractivity contribution in [2.75, 3.05) is 11.9 Å². The van der Waals surface area contributed by atoms with Crippen LogP contribution in [0.25, 0.3) is 0 Å². The number of nitro groups is 1. The van der Waals surface area contributed by atoms with Crippen molar-refractivity contribution < 1.29 is 9.31 Å². The van der Waals surface area contributed by atoms with E-state index in [0.717, 1.165) is 19.0 Å². The summed E-state index contributed by atoms with van der Waals surface area (Å²) in [4.78, 5) is 10.0. The highest BCUT2D eigenvalue weighted by molar-refractivity contribution is 5.50. The molecule has 0 aliphatic heterocycles. The summed E-state index contributed by atoms with van der Waals surface area (Å²) in [5.74, 6) is 0.0634. The third-order valence-corrected chi connectivity index (χ3v) is 4.32. The van der Waals surface area contributed by atoms with Gasteiger partial charge in [-0.05, 0) is 36.7 Å². The lowest BCUT2D eigenvalue weighted by Crippen LogP contribution is -2.28. The van der Waals surface area contributed by atoms with Crippen LogP contribution < -0.4 is 5.32 Å². The SMILES string of the molecule is CC(C)CC1(CNc2ccc([N+](=O)[O-])cc2F)CCCC1. The average Bonchev–Trinajstić information content (AvgIpc) is 2.85. The highest BCUT2D eigenvalue weighted by Gasteiger charge is 2.34. The molecule has 1 N–H and O–H groups in total. The van der Waals surface area contributed by atoms with Gasteiger partial charge in [-0.3, -0.25) is 10.1 Å². The lowest BCUT2D eigenvalue weighted by molar-refractivity contribution is -0.385. The van der Waals surface area contributed by atoms with E-state index in [2.05, 4.69) is 19.2 Å². The maximum absolute atomic E-state index is 13.9. The predicted molar refractivity (Wildman–Crippen MR) is 81.9 cm³/mol. The van der Waals surface area contributed by atoms with Gasteiger partial charge in [0.05, 0.1) is 16.7 Å². The Morgan fingerprint density at radius 3 is 2.57 bits per heavy atom. The molecule has 0 radical (unpaired) electrons. The van der Waals surface area contributed by atoms with Gasteiger partial charge in [0, 0.05) is 12.6 Å². The molecule has 0 spiro atoms. The fraction of sp³-hybridized carbons (Fsp3) is 0.625. The molecule has 0 bridgehead atoms. The molecule has 21 heavy (non-hydrogen) atoms. The van der Waals surface area contributed by atoms with Gasteiger partial charge < -0.3 is 5.32 Å². The Morgan fingerprint density at radius 1 is 1.38 bits per heavy atom. The van der Waals surface area contributed by atoms with Crippen LogP contribution in [0.2, 0.25) is 0 Å². The van der Waals surface area contributed by atoms with E-state index in [1.54, 1.807) is 0 Å². The van der Waals surface area contributed by atoms with Gasteiger partial charge >= 0.3 is 0 Å². The molecule has 0 unspecified atom stereocenters. The summed E-state index contributed by atoms with van der Waals surface area (Å²) in [6.07, 6.45) is 5.95. The first-order valence-electron chi connectivity index (χ1n) is 7.60. The van der Waals surface area contributed by atoms with E-state index in [4.69, 9.17) is 0 Å². The summed E-state index contributed by atoms with van der Waals surface area (Å²) in [5.41, 5.74) is 0.383. The fourth-order valence-electron chi connectivity index (χ4n) is 3.49. The Morgan fingerprint density at radius 2 is 2.05 bits per heavy atom. The van der Waals surface area contributed by atoms with E-state index in [9.17, 15) is 14.5 Å². The van der Waals surface area contributed by atoms with Gasteiger partial charge in [0.1, 0.15) is 0 Å². The summed E-state index contributed by atoms with van der Waals surface area (Å²) >= 11 is 0. The number of rotatable bonds is 6. The number of hydrogen-bond acceptors (Lipinski definition) is 3. The number of anilines is 1. The van der Waals surface area contributed by atoms with E-state index in [0.29, 0.717) is 11.6 Å². The lowest BCUT2D eigenvalue weighted by atomic mass is 9.78. The zero-order valence-corrected chi connectivity index (χ0v) is 12.7. The largest absolute Gasteiger partial charge is 0.382 e. The van der Waals surface area contributed by atoms with Crippen LogP contribution in [0.1, 0.15) is 46.0 Å². The second-order valence-electron chi connectivity index (χ2n) is 6.58. The molecule has 0 heterocycles. The normalized spacial score (nSPS) is 17.1. The lowest BCUT2D eigenvalue weighted by Gasteiger charge is -2.31. The molecule has 0 atom stereocenters. The number of nitro benzene ring substituents is 1. The highest BCUT2D eigenvalue weighted by Crippen LogP contribution is 2.43. The zero-order valence-electron chi connectivity index (χ0n) is 12.7. The molecule has 0 aromatic heterocycles. The molecule has 1 aromatic carbocycles. The molecule has 1 aliphatic rings. The predicted octanol–water partition coefficient (Wildman–Crippen LogP) is 4.75. The van der Waals surface area contributed by atoms with Crippen molar-refractivity contribution >= 4 is 11.4 Å². The zero-order chi connectivity index (χ0) is 15.5. The Bertz CT molecular complexity index is 511. The molecule has 0 saturated heterocycles. The molecular formula is C16H23FN2O2. The van der Waals surface area contributed by atoms with Crippen LogP contribution >= 0.6 is 0 Å². The Kier molecular flexibility index (Phi) is 4.80. The van der Waals surface area contributed by atoms with E-state index >= 15 is 0 Å². The second kappa shape index (κ2) is 6.41. The number of benzene rings is 1. The van der Waals surface area contributed by atoms with E-state index in [1.807, 2.05) is 0 Å². The Balaban J connectivity index is 2.06. The third-order valence-electron chi connectivity index (χ3n) is 4.32. The smallest absolute Gasteiger partial charge is 0.272 e. The average molecular weight is 294 g/mol. The van der Waals surface area contributed by atoms with Gasteiger partial charge in [0.25, 0.3) is 5.69 Å². The van der Waals surface area contributed by atoms with E-state index < -0.39 is 10.7 Å². The van der Waals surface area contributed by atoms with Gasteiger partial charge in [0.15, 0.2) is 5.82 Å². The van der Waals surface area contributed by atoms with Gasteiger partial charge in [-0.1, -0.05) is 26.7 Å². The first-order chi connectivity index (χ1) is 9.92. The van der Waals surface area contributed by atoms with Crippen molar-refractivity contribution in [2.45, 2.75) is 46.0 Å². The van der Waals surface area contributed by atoms with Crippen LogP contribution in [0.4, 0.5) is 15.8 Å². The van der Waals surface area contributed by atoms with Crippen LogP contribution in [0, 0.1) is 27.3 Å². The monoisotopic (exact) mass is 294 g/mol. The summed E-state index contributed by atoms with van der Waals surface area (Å²) < 4.78 is 13.9. The van der Waals surface area contributed by atoms with Crippen molar-refractivity contribution in [1.82, 2.24) is 0 Å². The minimum absolute atomic E-state index is 0.212.